The summed E-state index contributed by atoms with van der Waals surface area (Å²) in [5.41, 5.74) is 3.30. The van der Waals surface area contributed by atoms with Crippen LogP contribution in [-0.4, -0.2) is 29.7 Å². The SMILES string of the molecule is Fc1cnc(Nc2ccc(-n3ccnc3)cc2)nc1Nc1ccc2cn[nH]c2c1. The van der Waals surface area contributed by atoms with E-state index in [1.165, 1.54) is 0 Å². The molecule has 0 bridgehead atoms. The lowest BCUT2D eigenvalue weighted by Crippen LogP contribution is -2.03. The number of rotatable bonds is 5. The van der Waals surface area contributed by atoms with E-state index in [1.807, 2.05) is 53.2 Å². The Balaban J connectivity index is 1.36. The van der Waals surface area contributed by atoms with E-state index < -0.39 is 5.82 Å². The van der Waals surface area contributed by atoms with Crippen LogP contribution in [0.5, 0.6) is 0 Å². The number of anilines is 4. The Morgan fingerprint density at radius 1 is 0.966 bits per heavy atom. The maximum atomic E-state index is 14.2. The first kappa shape index (κ1) is 16.9. The van der Waals surface area contributed by atoms with Crippen molar-refractivity contribution < 1.29 is 4.39 Å². The average Bonchev–Trinajstić information content (AvgIpc) is 3.43. The van der Waals surface area contributed by atoms with Crippen molar-refractivity contribution in [2.24, 2.45) is 0 Å². The fourth-order valence-electron chi connectivity index (χ4n) is 2.92. The molecule has 0 unspecified atom stereocenters. The van der Waals surface area contributed by atoms with Crippen LogP contribution in [0.3, 0.4) is 0 Å². The predicted molar refractivity (Wildman–Crippen MR) is 108 cm³/mol. The maximum absolute atomic E-state index is 14.2. The number of hydrogen-bond donors (Lipinski definition) is 3. The zero-order chi connectivity index (χ0) is 19.6. The Morgan fingerprint density at radius 3 is 2.66 bits per heavy atom. The minimum atomic E-state index is -0.546. The first-order valence-corrected chi connectivity index (χ1v) is 8.83. The molecule has 0 fully saturated rings. The molecule has 3 heterocycles. The Hall–Kier alpha value is -4.27. The predicted octanol–water partition coefficient (Wildman–Crippen LogP) is 4.16. The number of benzene rings is 2. The number of nitrogens with one attached hydrogen (secondary N) is 3. The Kier molecular flexibility index (Phi) is 4.10. The lowest BCUT2D eigenvalue weighted by atomic mass is 10.2. The molecular formula is C20H15FN8. The normalized spacial score (nSPS) is 10.9. The van der Waals surface area contributed by atoms with Gasteiger partial charge in [-0.15, -0.1) is 0 Å². The van der Waals surface area contributed by atoms with Gasteiger partial charge >= 0.3 is 0 Å². The summed E-state index contributed by atoms with van der Waals surface area (Å²) in [7, 11) is 0. The number of imidazole rings is 1. The van der Waals surface area contributed by atoms with E-state index in [-0.39, 0.29) is 11.8 Å². The molecule has 3 aromatic heterocycles. The monoisotopic (exact) mass is 386 g/mol. The van der Waals surface area contributed by atoms with Crippen LogP contribution in [0.25, 0.3) is 16.6 Å². The van der Waals surface area contributed by atoms with E-state index >= 15 is 0 Å². The van der Waals surface area contributed by atoms with Gasteiger partial charge in [0.15, 0.2) is 11.6 Å². The van der Waals surface area contributed by atoms with Crippen LogP contribution in [0.4, 0.5) is 27.5 Å². The minimum absolute atomic E-state index is 0.0800. The first-order chi connectivity index (χ1) is 14.2. The maximum Gasteiger partial charge on any atom is 0.229 e. The molecule has 0 aliphatic rings. The minimum Gasteiger partial charge on any atom is -0.338 e. The number of fused-ring (bicyclic) bond motifs is 1. The van der Waals surface area contributed by atoms with Crippen LogP contribution >= 0.6 is 0 Å². The molecule has 0 amide bonds. The summed E-state index contributed by atoms with van der Waals surface area (Å²) in [5, 5.41) is 13.9. The van der Waals surface area contributed by atoms with Crippen molar-refractivity contribution in [2.75, 3.05) is 10.6 Å². The summed E-state index contributed by atoms with van der Waals surface area (Å²) < 4.78 is 16.1. The van der Waals surface area contributed by atoms with Gasteiger partial charge in [0.2, 0.25) is 5.95 Å². The largest absolute Gasteiger partial charge is 0.338 e. The van der Waals surface area contributed by atoms with E-state index in [9.17, 15) is 4.39 Å². The molecule has 0 saturated carbocycles. The standard InChI is InChI=1S/C20H15FN8/c21-17-11-23-20(26-14-3-5-16(6-4-14)29-8-7-22-12-29)27-19(17)25-15-2-1-13-10-24-28-18(13)9-15/h1-12H,(H,24,28)(H2,23,25,26,27). The van der Waals surface area contributed by atoms with Crippen LogP contribution in [0.2, 0.25) is 0 Å². The molecule has 2 aromatic carbocycles. The van der Waals surface area contributed by atoms with Gasteiger partial charge in [-0.3, -0.25) is 5.10 Å². The van der Waals surface area contributed by atoms with Gasteiger partial charge in [0.05, 0.1) is 24.2 Å². The summed E-state index contributed by atoms with van der Waals surface area (Å²) >= 11 is 0. The number of halogens is 1. The van der Waals surface area contributed by atoms with E-state index in [0.29, 0.717) is 5.69 Å². The zero-order valence-electron chi connectivity index (χ0n) is 15.0. The second-order valence-electron chi connectivity index (χ2n) is 6.33. The van der Waals surface area contributed by atoms with E-state index in [1.54, 1.807) is 18.7 Å². The molecule has 5 aromatic rings. The number of H-pyrrole nitrogens is 1. The number of nitrogens with zero attached hydrogens (tertiary/aromatic N) is 5. The van der Waals surface area contributed by atoms with Crippen LogP contribution < -0.4 is 10.6 Å². The van der Waals surface area contributed by atoms with Crippen molar-refractivity contribution in [3.8, 4) is 5.69 Å². The zero-order valence-corrected chi connectivity index (χ0v) is 15.0. The lowest BCUT2D eigenvalue weighted by Gasteiger charge is -2.10. The van der Waals surface area contributed by atoms with Crippen molar-refractivity contribution in [1.29, 1.82) is 0 Å². The van der Waals surface area contributed by atoms with Crippen LogP contribution in [-0.2, 0) is 0 Å². The van der Waals surface area contributed by atoms with Gasteiger partial charge in [-0.25, -0.2) is 14.4 Å². The first-order valence-electron chi connectivity index (χ1n) is 8.83. The number of aromatic nitrogens is 6. The molecular weight excluding hydrogens is 371 g/mol. The highest BCUT2D eigenvalue weighted by molar-refractivity contribution is 5.82. The van der Waals surface area contributed by atoms with E-state index in [2.05, 4.69) is 35.8 Å². The third-order valence-corrected chi connectivity index (χ3v) is 4.37. The summed E-state index contributed by atoms with van der Waals surface area (Å²) in [4.78, 5) is 12.3. The van der Waals surface area contributed by atoms with Crippen molar-refractivity contribution in [3.05, 3.63) is 79.4 Å². The van der Waals surface area contributed by atoms with Crippen molar-refractivity contribution >= 4 is 34.0 Å². The van der Waals surface area contributed by atoms with E-state index in [0.717, 1.165) is 28.5 Å². The van der Waals surface area contributed by atoms with Crippen LogP contribution in [0, 0.1) is 5.82 Å². The molecule has 3 N–H and O–H groups in total. The molecule has 0 atom stereocenters. The fourth-order valence-corrected chi connectivity index (χ4v) is 2.92. The molecule has 0 radical (unpaired) electrons. The Morgan fingerprint density at radius 2 is 1.83 bits per heavy atom. The Bertz CT molecular complexity index is 1260. The van der Waals surface area contributed by atoms with Gasteiger partial charge in [0, 0.05) is 34.8 Å². The van der Waals surface area contributed by atoms with Gasteiger partial charge in [-0.05, 0) is 42.5 Å². The molecule has 142 valence electrons. The topological polar surface area (TPSA) is 96.3 Å². The molecule has 5 rings (SSSR count). The molecule has 0 saturated heterocycles. The van der Waals surface area contributed by atoms with Crippen molar-refractivity contribution in [2.45, 2.75) is 0 Å². The highest BCUT2D eigenvalue weighted by Crippen LogP contribution is 2.23. The van der Waals surface area contributed by atoms with Gasteiger partial charge in [0.25, 0.3) is 0 Å². The third-order valence-electron chi connectivity index (χ3n) is 4.37. The van der Waals surface area contributed by atoms with E-state index in [4.69, 9.17) is 0 Å². The summed E-state index contributed by atoms with van der Waals surface area (Å²) in [6.07, 6.45) is 8.17. The highest BCUT2D eigenvalue weighted by atomic mass is 19.1. The number of hydrogen-bond acceptors (Lipinski definition) is 6. The van der Waals surface area contributed by atoms with Crippen LogP contribution in [0.1, 0.15) is 0 Å². The second kappa shape index (κ2) is 7.04. The molecule has 8 nitrogen and oxygen atoms in total. The average molecular weight is 386 g/mol. The van der Waals surface area contributed by atoms with Gasteiger partial charge in [-0.1, -0.05) is 0 Å². The van der Waals surface area contributed by atoms with Crippen LogP contribution in [0.15, 0.2) is 73.6 Å². The molecule has 0 aliphatic carbocycles. The highest BCUT2D eigenvalue weighted by Gasteiger charge is 2.09. The molecule has 0 aliphatic heterocycles. The number of aromatic amines is 1. The van der Waals surface area contributed by atoms with Crippen molar-refractivity contribution in [1.82, 2.24) is 29.7 Å². The molecule has 0 spiro atoms. The van der Waals surface area contributed by atoms with Gasteiger partial charge < -0.3 is 15.2 Å². The fraction of sp³-hybridized carbons (Fsp3) is 0. The third kappa shape index (κ3) is 3.48. The van der Waals surface area contributed by atoms with Gasteiger partial charge in [-0.2, -0.15) is 10.1 Å². The lowest BCUT2D eigenvalue weighted by molar-refractivity contribution is 0.619. The smallest absolute Gasteiger partial charge is 0.229 e. The summed E-state index contributed by atoms with van der Waals surface area (Å²) in [6.45, 7) is 0. The summed E-state index contributed by atoms with van der Waals surface area (Å²) in [5.74, 6) is -0.181. The molecule has 9 heteroatoms. The second-order valence-corrected chi connectivity index (χ2v) is 6.33. The molecule has 29 heavy (non-hydrogen) atoms. The Labute approximate surface area is 164 Å². The van der Waals surface area contributed by atoms with Crippen molar-refractivity contribution in [3.63, 3.8) is 0 Å². The van der Waals surface area contributed by atoms with Gasteiger partial charge in [0.1, 0.15) is 0 Å². The quantitative estimate of drug-likeness (QED) is 0.420. The summed E-state index contributed by atoms with van der Waals surface area (Å²) in [6, 6.07) is 13.2.